The van der Waals surface area contributed by atoms with Crippen molar-refractivity contribution in [1.29, 1.82) is 0 Å². The molecule has 7 heteroatoms. The van der Waals surface area contributed by atoms with Crippen LogP contribution in [0.1, 0.15) is 13.3 Å². The lowest BCUT2D eigenvalue weighted by Crippen LogP contribution is -2.36. The summed E-state index contributed by atoms with van der Waals surface area (Å²) in [5.41, 5.74) is 0.492. The maximum atomic E-state index is 12.4. The molecule has 0 fully saturated rings. The van der Waals surface area contributed by atoms with Gasteiger partial charge in [0, 0.05) is 30.6 Å². The van der Waals surface area contributed by atoms with E-state index in [1.165, 1.54) is 10.9 Å². The number of ether oxygens (including phenoxy) is 1. The lowest BCUT2D eigenvalue weighted by molar-refractivity contribution is -0.122. The number of carbonyl (C=O) groups is 1. The van der Waals surface area contributed by atoms with E-state index in [9.17, 15) is 9.59 Å². The molecular weight excluding hydrogens is 350 g/mol. The molecule has 0 saturated carbocycles. The number of hydrogen-bond acceptors (Lipinski definition) is 4. The van der Waals surface area contributed by atoms with Crippen LogP contribution in [0.3, 0.4) is 0 Å². The van der Waals surface area contributed by atoms with Gasteiger partial charge in [0.2, 0.25) is 5.91 Å². The average Bonchev–Trinajstić information content (AvgIpc) is 2.47. The van der Waals surface area contributed by atoms with Gasteiger partial charge in [0.15, 0.2) is 0 Å². The Morgan fingerprint density at radius 2 is 2.27 bits per heavy atom. The second-order valence-corrected chi connectivity index (χ2v) is 5.99. The summed E-state index contributed by atoms with van der Waals surface area (Å²) in [6, 6.07) is 5.30. The summed E-state index contributed by atoms with van der Waals surface area (Å²) >= 11 is 3.34. The minimum absolute atomic E-state index is 0.0556. The molecule has 22 heavy (non-hydrogen) atoms. The highest BCUT2D eigenvalue weighted by Crippen LogP contribution is 2.14. The van der Waals surface area contributed by atoms with E-state index in [0.717, 1.165) is 4.47 Å². The fraction of sp³-hybridized carbons (Fsp3) is 0.400. The number of aromatic nitrogens is 2. The zero-order valence-electron chi connectivity index (χ0n) is 12.5. The van der Waals surface area contributed by atoms with Crippen LogP contribution in [0, 0.1) is 0 Å². The molecule has 0 aliphatic rings. The van der Waals surface area contributed by atoms with Gasteiger partial charge in [-0.15, -0.1) is 0 Å². The van der Waals surface area contributed by atoms with Crippen molar-refractivity contribution < 1.29 is 9.53 Å². The van der Waals surface area contributed by atoms with Crippen LogP contribution in [0.5, 0.6) is 0 Å². The number of rotatable bonds is 6. The van der Waals surface area contributed by atoms with Gasteiger partial charge in [-0.05, 0) is 25.1 Å². The predicted molar refractivity (Wildman–Crippen MR) is 87.8 cm³/mol. The van der Waals surface area contributed by atoms with Gasteiger partial charge in [-0.2, -0.15) is 0 Å². The minimum atomic E-state index is -0.149. The summed E-state index contributed by atoms with van der Waals surface area (Å²) in [5, 5.41) is 3.34. The van der Waals surface area contributed by atoms with Crippen molar-refractivity contribution in [3.63, 3.8) is 0 Å². The first kappa shape index (κ1) is 16.6. The second-order valence-electron chi connectivity index (χ2n) is 5.08. The average molecular weight is 368 g/mol. The Kier molecular flexibility index (Phi) is 5.68. The molecule has 0 aliphatic carbocycles. The fourth-order valence-electron chi connectivity index (χ4n) is 2.15. The van der Waals surface area contributed by atoms with Crippen LogP contribution in [0.15, 0.2) is 33.8 Å². The largest absolute Gasteiger partial charge is 0.383 e. The summed E-state index contributed by atoms with van der Waals surface area (Å²) in [6.07, 6.45) is 1.69. The quantitative estimate of drug-likeness (QED) is 0.843. The van der Waals surface area contributed by atoms with Gasteiger partial charge in [0.25, 0.3) is 5.56 Å². The molecule has 6 nitrogen and oxygen atoms in total. The Morgan fingerprint density at radius 1 is 1.50 bits per heavy atom. The molecule has 0 aliphatic heterocycles. The molecule has 2 aromatic rings. The molecule has 1 aromatic carbocycles. The van der Waals surface area contributed by atoms with Gasteiger partial charge in [0.05, 0.1) is 23.8 Å². The standard InChI is InChI=1S/C15H18BrN3O3/c1-10(8-22-2)18-14(20)5-6-19-9-17-13-4-3-11(16)7-12(13)15(19)21/h3-4,7,9-10H,5-6,8H2,1-2H3,(H,18,20). The van der Waals surface area contributed by atoms with Crippen LogP contribution < -0.4 is 10.9 Å². The van der Waals surface area contributed by atoms with Gasteiger partial charge in [-0.3, -0.25) is 14.2 Å². The summed E-state index contributed by atoms with van der Waals surface area (Å²) in [5.74, 6) is -0.120. The van der Waals surface area contributed by atoms with Crippen molar-refractivity contribution in [2.24, 2.45) is 0 Å². The monoisotopic (exact) mass is 367 g/mol. The molecule has 1 heterocycles. The van der Waals surface area contributed by atoms with Crippen molar-refractivity contribution in [2.75, 3.05) is 13.7 Å². The number of amides is 1. The van der Waals surface area contributed by atoms with Crippen molar-refractivity contribution in [3.8, 4) is 0 Å². The minimum Gasteiger partial charge on any atom is -0.383 e. The van der Waals surface area contributed by atoms with Gasteiger partial charge in [0.1, 0.15) is 0 Å². The highest BCUT2D eigenvalue weighted by molar-refractivity contribution is 9.10. The van der Waals surface area contributed by atoms with Crippen LogP contribution in [0.25, 0.3) is 10.9 Å². The summed E-state index contributed by atoms with van der Waals surface area (Å²) in [4.78, 5) is 28.4. The number of benzene rings is 1. The molecule has 0 spiro atoms. The number of fused-ring (bicyclic) bond motifs is 1. The molecular formula is C15H18BrN3O3. The predicted octanol–water partition coefficient (Wildman–Crippen LogP) is 1.70. The zero-order valence-corrected chi connectivity index (χ0v) is 14.1. The summed E-state index contributed by atoms with van der Waals surface area (Å²) in [7, 11) is 1.58. The van der Waals surface area contributed by atoms with E-state index in [1.807, 2.05) is 13.0 Å². The van der Waals surface area contributed by atoms with E-state index in [0.29, 0.717) is 24.1 Å². The van der Waals surface area contributed by atoms with Gasteiger partial charge in [-0.25, -0.2) is 4.98 Å². The molecule has 1 unspecified atom stereocenters. The summed E-state index contributed by atoms with van der Waals surface area (Å²) < 4.78 is 7.24. The SMILES string of the molecule is COCC(C)NC(=O)CCn1cnc2ccc(Br)cc2c1=O. The van der Waals surface area contributed by atoms with Crippen LogP contribution >= 0.6 is 15.9 Å². The van der Waals surface area contributed by atoms with Crippen molar-refractivity contribution in [3.05, 3.63) is 39.4 Å². The van der Waals surface area contributed by atoms with Gasteiger partial charge in [-0.1, -0.05) is 15.9 Å². The topological polar surface area (TPSA) is 73.2 Å². The molecule has 1 atom stereocenters. The van der Waals surface area contributed by atoms with Gasteiger partial charge >= 0.3 is 0 Å². The highest BCUT2D eigenvalue weighted by Gasteiger charge is 2.09. The Morgan fingerprint density at radius 3 is 3.00 bits per heavy atom. The first-order valence-corrected chi connectivity index (χ1v) is 7.73. The number of nitrogens with one attached hydrogen (secondary N) is 1. The summed E-state index contributed by atoms with van der Waals surface area (Å²) in [6.45, 7) is 2.61. The third-order valence-electron chi connectivity index (χ3n) is 3.19. The van der Waals surface area contributed by atoms with Crippen LogP contribution in [0.2, 0.25) is 0 Å². The molecule has 0 radical (unpaired) electrons. The Labute approximate surface area is 136 Å². The van der Waals surface area contributed by atoms with Crippen LogP contribution in [0.4, 0.5) is 0 Å². The molecule has 1 amide bonds. The highest BCUT2D eigenvalue weighted by atomic mass is 79.9. The molecule has 0 bridgehead atoms. The number of carbonyl (C=O) groups excluding carboxylic acids is 1. The number of aryl methyl sites for hydroxylation is 1. The Hall–Kier alpha value is -1.73. The number of halogens is 1. The lowest BCUT2D eigenvalue weighted by atomic mass is 10.2. The lowest BCUT2D eigenvalue weighted by Gasteiger charge is -2.13. The Bertz CT molecular complexity index is 730. The van der Waals surface area contributed by atoms with E-state index in [4.69, 9.17) is 4.74 Å². The van der Waals surface area contributed by atoms with Crippen molar-refractivity contribution >= 4 is 32.7 Å². The third kappa shape index (κ3) is 4.14. The molecule has 1 aromatic heterocycles. The van der Waals surface area contributed by atoms with Crippen LogP contribution in [-0.2, 0) is 16.1 Å². The first-order chi connectivity index (χ1) is 10.5. The smallest absolute Gasteiger partial charge is 0.261 e. The fourth-order valence-corrected chi connectivity index (χ4v) is 2.51. The van der Waals surface area contributed by atoms with Crippen molar-refractivity contribution in [2.45, 2.75) is 25.9 Å². The normalized spacial score (nSPS) is 12.3. The molecule has 2 rings (SSSR count). The maximum Gasteiger partial charge on any atom is 0.261 e. The third-order valence-corrected chi connectivity index (χ3v) is 3.68. The van der Waals surface area contributed by atoms with Gasteiger partial charge < -0.3 is 10.1 Å². The van der Waals surface area contributed by atoms with E-state index >= 15 is 0 Å². The second kappa shape index (κ2) is 7.51. The Balaban J connectivity index is 2.07. The van der Waals surface area contributed by atoms with Crippen LogP contribution in [-0.4, -0.2) is 35.2 Å². The van der Waals surface area contributed by atoms with E-state index < -0.39 is 0 Å². The number of hydrogen-bond donors (Lipinski definition) is 1. The maximum absolute atomic E-state index is 12.4. The molecule has 1 N–H and O–H groups in total. The van der Waals surface area contributed by atoms with E-state index in [-0.39, 0.29) is 23.9 Å². The zero-order chi connectivity index (χ0) is 16.1. The van der Waals surface area contributed by atoms with E-state index in [2.05, 4.69) is 26.2 Å². The number of methoxy groups -OCH3 is 1. The molecule has 0 saturated heterocycles. The van der Waals surface area contributed by atoms with E-state index in [1.54, 1.807) is 19.2 Å². The first-order valence-electron chi connectivity index (χ1n) is 6.94. The van der Waals surface area contributed by atoms with Crippen molar-refractivity contribution in [1.82, 2.24) is 14.9 Å². The molecule has 118 valence electrons. The number of nitrogens with zero attached hydrogens (tertiary/aromatic N) is 2.